The first-order valence-electron chi connectivity index (χ1n) is 7.98. The summed E-state index contributed by atoms with van der Waals surface area (Å²) >= 11 is 6.13. The zero-order valence-electron chi connectivity index (χ0n) is 14.2. The van der Waals surface area contributed by atoms with Gasteiger partial charge in [0, 0.05) is 23.1 Å². The van der Waals surface area contributed by atoms with Crippen molar-refractivity contribution in [2.24, 2.45) is 0 Å². The lowest BCUT2D eigenvalue weighted by atomic mass is 10.1. The lowest BCUT2D eigenvalue weighted by Crippen LogP contribution is -2.14. The Morgan fingerprint density at radius 2 is 1.92 bits per heavy atom. The molecule has 2 N–H and O–H groups in total. The van der Waals surface area contributed by atoms with Gasteiger partial charge < -0.3 is 15.1 Å². The molecule has 1 heterocycles. The number of halogens is 2. The number of aryl methyl sites for hydroxylation is 1. The average molecular weight is 375 g/mol. The molecule has 3 aromatic rings. The third-order valence-corrected chi connectivity index (χ3v) is 4.25. The number of hydrogen-bond donors (Lipinski definition) is 2. The van der Waals surface area contributed by atoms with Crippen LogP contribution in [0.15, 0.2) is 40.8 Å². The highest BCUT2D eigenvalue weighted by Gasteiger charge is 2.19. The minimum absolute atomic E-state index is 0.0738. The number of anilines is 2. The highest BCUT2D eigenvalue weighted by molar-refractivity contribution is 6.34. The number of carbonyl (C=O) groups excluding carboxylic acids is 2. The molecule has 0 saturated heterocycles. The van der Waals surface area contributed by atoms with Gasteiger partial charge in [-0.25, -0.2) is 4.39 Å². The summed E-state index contributed by atoms with van der Waals surface area (Å²) in [6.45, 7) is 3.42. The average Bonchev–Trinajstić information content (AvgIpc) is 2.94. The molecule has 0 aliphatic rings. The quantitative estimate of drug-likeness (QED) is 0.664. The predicted molar refractivity (Wildman–Crippen MR) is 99.2 cm³/mol. The first-order valence-corrected chi connectivity index (χ1v) is 8.36. The van der Waals surface area contributed by atoms with E-state index >= 15 is 0 Å². The van der Waals surface area contributed by atoms with E-state index in [0.29, 0.717) is 39.4 Å². The molecule has 134 valence electrons. The van der Waals surface area contributed by atoms with E-state index in [1.807, 2.05) is 0 Å². The Hall–Kier alpha value is -2.86. The van der Waals surface area contributed by atoms with Gasteiger partial charge in [0.15, 0.2) is 5.76 Å². The van der Waals surface area contributed by atoms with Crippen LogP contribution < -0.4 is 10.6 Å². The number of nitrogens with one attached hydrogen (secondary N) is 2. The maximum absolute atomic E-state index is 13.4. The molecule has 0 fully saturated rings. The molecule has 7 heteroatoms. The van der Waals surface area contributed by atoms with Crippen molar-refractivity contribution in [2.75, 3.05) is 10.6 Å². The highest BCUT2D eigenvalue weighted by Crippen LogP contribution is 2.29. The first-order chi connectivity index (χ1) is 12.4. The summed E-state index contributed by atoms with van der Waals surface area (Å²) < 4.78 is 19.0. The second-order valence-electron chi connectivity index (χ2n) is 5.75. The van der Waals surface area contributed by atoms with Crippen LogP contribution in [0.2, 0.25) is 5.02 Å². The van der Waals surface area contributed by atoms with Gasteiger partial charge in [0.25, 0.3) is 5.91 Å². The summed E-state index contributed by atoms with van der Waals surface area (Å²) in [6, 6.07) is 8.83. The van der Waals surface area contributed by atoms with Crippen LogP contribution in [0.25, 0.3) is 11.0 Å². The van der Waals surface area contributed by atoms with Crippen molar-refractivity contribution in [3.63, 3.8) is 0 Å². The molecular weight excluding hydrogens is 359 g/mol. The number of rotatable bonds is 4. The standard InChI is InChI=1S/C19H16ClFN2O3/c1-3-17(24)22-12-5-6-14(20)15(9-12)23-19(25)18-10(2)13-8-11(21)4-7-16(13)26-18/h4-9H,3H2,1-2H3,(H,22,24)(H,23,25). The third kappa shape index (κ3) is 3.55. The molecule has 2 aromatic carbocycles. The second kappa shape index (κ2) is 7.17. The molecule has 26 heavy (non-hydrogen) atoms. The molecule has 0 bridgehead atoms. The minimum atomic E-state index is -0.514. The van der Waals surface area contributed by atoms with Crippen molar-refractivity contribution < 1.29 is 18.4 Å². The van der Waals surface area contributed by atoms with Gasteiger partial charge in [-0.05, 0) is 43.3 Å². The van der Waals surface area contributed by atoms with Gasteiger partial charge in [-0.15, -0.1) is 0 Å². The zero-order chi connectivity index (χ0) is 18.8. The second-order valence-corrected chi connectivity index (χ2v) is 6.15. The molecule has 3 rings (SSSR count). The van der Waals surface area contributed by atoms with Gasteiger partial charge in [-0.1, -0.05) is 18.5 Å². The van der Waals surface area contributed by atoms with Crippen molar-refractivity contribution >= 4 is 45.8 Å². The summed E-state index contributed by atoms with van der Waals surface area (Å²) in [5.41, 5.74) is 1.80. The fraction of sp³-hybridized carbons (Fsp3) is 0.158. The fourth-order valence-corrected chi connectivity index (χ4v) is 2.70. The molecule has 2 amide bonds. The van der Waals surface area contributed by atoms with Gasteiger partial charge in [0.1, 0.15) is 11.4 Å². The minimum Gasteiger partial charge on any atom is -0.451 e. The van der Waals surface area contributed by atoms with Crippen LogP contribution in [0.3, 0.4) is 0 Å². The molecule has 0 saturated carbocycles. The van der Waals surface area contributed by atoms with E-state index in [-0.39, 0.29) is 11.7 Å². The lowest BCUT2D eigenvalue weighted by Gasteiger charge is -2.10. The summed E-state index contributed by atoms with van der Waals surface area (Å²) in [7, 11) is 0. The fourth-order valence-electron chi connectivity index (χ4n) is 2.54. The van der Waals surface area contributed by atoms with Gasteiger partial charge in [0.2, 0.25) is 5.91 Å². The van der Waals surface area contributed by atoms with E-state index < -0.39 is 11.7 Å². The Morgan fingerprint density at radius 3 is 2.65 bits per heavy atom. The van der Waals surface area contributed by atoms with E-state index in [4.69, 9.17) is 16.0 Å². The summed E-state index contributed by atoms with van der Waals surface area (Å²) in [5, 5.41) is 6.21. The summed E-state index contributed by atoms with van der Waals surface area (Å²) in [5.74, 6) is -1.000. The number of fused-ring (bicyclic) bond motifs is 1. The molecule has 1 aromatic heterocycles. The van der Waals surface area contributed by atoms with Crippen molar-refractivity contribution in [1.29, 1.82) is 0 Å². The van der Waals surface area contributed by atoms with Gasteiger partial charge in [-0.3, -0.25) is 9.59 Å². The summed E-state index contributed by atoms with van der Waals surface area (Å²) in [6.07, 6.45) is 0.332. The Kier molecular flexibility index (Phi) is 4.95. The van der Waals surface area contributed by atoms with Crippen LogP contribution in [-0.4, -0.2) is 11.8 Å². The van der Waals surface area contributed by atoms with Gasteiger partial charge in [0.05, 0.1) is 10.7 Å². The van der Waals surface area contributed by atoms with Gasteiger partial charge in [-0.2, -0.15) is 0 Å². The molecule has 5 nitrogen and oxygen atoms in total. The van der Waals surface area contributed by atoms with Crippen molar-refractivity contribution in [2.45, 2.75) is 20.3 Å². The normalized spacial score (nSPS) is 10.8. The maximum Gasteiger partial charge on any atom is 0.291 e. The number of benzene rings is 2. The monoisotopic (exact) mass is 374 g/mol. The van der Waals surface area contributed by atoms with Crippen LogP contribution in [-0.2, 0) is 4.79 Å². The van der Waals surface area contributed by atoms with E-state index in [2.05, 4.69) is 10.6 Å². The molecular formula is C19H16ClFN2O3. The van der Waals surface area contributed by atoms with Gasteiger partial charge >= 0.3 is 0 Å². The topological polar surface area (TPSA) is 71.3 Å². The molecule has 0 spiro atoms. The molecule has 0 atom stereocenters. The summed E-state index contributed by atoms with van der Waals surface area (Å²) in [4.78, 5) is 24.1. The first kappa shape index (κ1) is 17.9. The molecule has 0 aliphatic carbocycles. The van der Waals surface area contributed by atoms with Crippen LogP contribution in [0.5, 0.6) is 0 Å². The number of amides is 2. The lowest BCUT2D eigenvalue weighted by molar-refractivity contribution is -0.115. The Labute approximate surface area is 154 Å². The molecule has 0 radical (unpaired) electrons. The van der Waals surface area contributed by atoms with Crippen molar-refractivity contribution in [1.82, 2.24) is 0 Å². The largest absolute Gasteiger partial charge is 0.451 e. The van der Waals surface area contributed by atoms with Crippen LogP contribution >= 0.6 is 11.6 Å². The van der Waals surface area contributed by atoms with E-state index in [1.54, 1.807) is 32.0 Å². The molecule has 0 aliphatic heterocycles. The van der Waals surface area contributed by atoms with Crippen LogP contribution in [0, 0.1) is 12.7 Å². The Balaban J connectivity index is 1.89. The van der Waals surface area contributed by atoms with Crippen LogP contribution in [0.4, 0.5) is 15.8 Å². The number of hydrogen-bond acceptors (Lipinski definition) is 3. The van der Waals surface area contributed by atoms with E-state index in [1.165, 1.54) is 18.2 Å². The smallest absolute Gasteiger partial charge is 0.291 e. The zero-order valence-corrected chi connectivity index (χ0v) is 14.9. The predicted octanol–water partition coefficient (Wildman–Crippen LogP) is 5.13. The van der Waals surface area contributed by atoms with Crippen LogP contribution in [0.1, 0.15) is 29.5 Å². The maximum atomic E-state index is 13.4. The van der Waals surface area contributed by atoms with E-state index in [0.717, 1.165) is 0 Å². The molecule has 0 unspecified atom stereocenters. The van der Waals surface area contributed by atoms with E-state index in [9.17, 15) is 14.0 Å². The highest BCUT2D eigenvalue weighted by atomic mass is 35.5. The van der Waals surface area contributed by atoms with Crippen molar-refractivity contribution in [3.05, 3.63) is 58.6 Å². The third-order valence-electron chi connectivity index (χ3n) is 3.92. The Morgan fingerprint density at radius 1 is 1.15 bits per heavy atom. The SMILES string of the molecule is CCC(=O)Nc1ccc(Cl)c(NC(=O)c2oc3ccc(F)cc3c2C)c1. The van der Waals surface area contributed by atoms with Crippen molar-refractivity contribution in [3.8, 4) is 0 Å². The number of furan rings is 1. The number of carbonyl (C=O) groups is 2. The Bertz CT molecular complexity index is 1010.